The summed E-state index contributed by atoms with van der Waals surface area (Å²) < 4.78 is 4.96. The molecule has 0 N–H and O–H groups in total. The van der Waals surface area contributed by atoms with Gasteiger partial charge >= 0.3 is 5.97 Å². The van der Waals surface area contributed by atoms with Crippen molar-refractivity contribution >= 4 is 11.9 Å². The van der Waals surface area contributed by atoms with Crippen molar-refractivity contribution in [2.45, 2.75) is 40.7 Å². The fraction of sp³-hybridized carbons (Fsp3) is 0.529. The summed E-state index contributed by atoms with van der Waals surface area (Å²) in [4.78, 5) is 25.7. The molecule has 0 atom stereocenters. The molecule has 1 amide bonds. The van der Waals surface area contributed by atoms with Crippen molar-refractivity contribution in [1.82, 2.24) is 4.90 Å². The van der Waals surface area contributed by atoms with E-state index in [1.54, 1.807) is 11.8 Å². The Hall–Kier alpha value is -1.84. The molecule has 0 spiro atoms. The molecule has 0 saturated heterocycles. The van der Waals surface area contributed by atoms with Gasteiger partial charge < -0.3 is 9.64 Å². The van der Waals surface area contributed by atoms with E-state index in [1.165, 1.54) is 0 Å². The van der Waals surface area contributed by atoms with E-state index in [9.17, 15) is 9.59 Å². The van der Waals surface area contributed by atoms with E-state index in [-0.39, 0.29) is 23.8 Å². The zero-order chi connectivity index (χ0) is 15.9. The van der Waals surface area contributed by atoms with Crippen molar-refractivity contribution in [3.05, 3.63) is 35.9 Å². The third-order valence-electron chi connectivity index (χ3n) is 2.88. The second-order valence-corrected chi connectivity index (χ2v) is 6.28. The van der Waals surface area contributed by atoms with Crippen LogP contribution >= 0.6 is 0 Å². The smallest absolute Gasteiger partial charge is 0.325 e. The molecule has 21 heavy (non-hydrogen) atoms. The van der Waals surface area contributed by atoms with Crippen LogP contribution < -0.4 is 0 Å². The van der Waals surface area contributed by atoms with Gasteiger partial charge in [0, 0.05) is 13.0 Å². The van der Waals surface area contributed by atoms with Gasteiger partial charge in [0.1, 0.15) is 6.54 Å². The third-order valence-corrected chi connectivity index (χ3v) is 2.88. The van der Waals surface area contributed by atoms with E-state index in [1.807, 2.05) is 51.1 Å². The number of hydrogen-bond acceptors (Lipinski definition) is 3. The number of nitrogens with zero attached hydrogens (tertiary/aromatic N) is 1. The molecule has 0 bridgehead atoms. The van der Waals surface area contributed by atoms with Gasteiger partial charge in [0.25, 0.3) is 0 Å². The van der Waals surface area contributed by atoms with Crippen LogP contribution in [0.5, 0.6) is 0 Å². The summed E-state index contributed by atoms with van der Waals surface area (Å²) in [7, 11) is 0. The summed E-state index contributed by atoms with van der Waals surface area (Å²) in [6.45, 7) is 8.54. The summed E-state index contributed by atoms with van der Waals surface area (Å²) in [6, 6.07) is 9.67. The molecule has 4 nitrogen and oxygen atoms in total. The molecular formula is C17H25NO3. The van der Waals surface area contributed by atoms with E-state index >= 15 is 0 Å². The number of ether oxygens (including phenoxy) is 1. The van der Waals surface area contributed by atoms with Gasteiger partial charge in [-0.3, -0.25) is 9.59 Å². The lowest BCUT2D eigenvalue weighted by molar-refractivity contribution is -0.150. The highest BCUT2D eigenvalue weighted by molar-refractivity contribution is 5.82. The Kier molecular flexibility index (Phi) is 6.40. The maximum Gasteiger partial charge on any atom is 0.325 e. The van der Waals surface area contributed by atoms with Crippen LogP contribution in [0, 0.1) is 5.41 Å². The second-order valence-electron chi connectivity index (χ2n) is 6.28. The van der Waals surface area contributed by atoms with Crippen molar-refractivity contribution in [2.75, 3.05) is 13.2 Å². The zero-order valence-corrected chi connectivity index (χ0v) is 13.4. The van der Waals surface area contributed by atoms with Gasteiger partial charge in [-0.2, -0.15) is 0 Å². The van der Waals surface area contributed by atoms with Crippen molar-refractivity contribution < 1.29 is 14.3 Å². The molecule has 1 rings (SSSR count). The Morgan fingerprint density at radius 3 is 2.29 bits per heavy atom. The van der Waals surface area contributed by atoms with Crippen molar-refractivity contribution in [1.29, 1.82) is 0 Å². The number of hydrogen-bond donors (Lipinski definition) is 0. The minimum absolute atomic E-state index is 0.00233. The van der Waals surface area contributed by atoms with Crippen LogP contribution in [0.3, 0.4) is 0 Å². The van der Waals surface area contributed by atoms with E-state index in [0.717, 1.165) is 5.56 Å². The predicted octanol–water partition coefficient (Wildman–Crippen LogP) is 3.01. The average molecular weight is 291 g/mol. The summed E-state index contributed by atoms with van der Waals surface area (Å²) >= 11 is 0. The monoisotopic (exact) mass is 291 g/mol. The van der Waals surface area contributed by atoms with E-state index < -0.39 is 0 Å². The average Bonchev–Trinajstić information content (AvgIpc) is 2.37. The Balaban J connectivity index is 2.78. The highest BCUT2D eigenvalue weighted by atomic mass is 16.5. The van der Waals surface area contributed by atoms with Gasteiger partial charge in [0.05, 0.1) is 6.61 Å². The van der Waals surface area contributed by atoms with Crippen LogP contribution in [-0.2, 0) is 20.9 Å². The number of rotatable bonds is 6. The van der Waals surface area contributed by atoms with E-state index in [4.69, 9.17) is 4.74 Å². The fourth-order valence-electron chi connectivity index (χ4n) is 1.96. The zero-order valence-electron chi connectivity index (χ0n) is 13.4. The van der Waals surface area contributed by atoms with Crippen LogP contribution in [0.4, 0.5) is 0 Å². The van der Waals surface area contributed by atoms with Crippen LogP contribution in [0.25, 0.3) is 0 Å². The Labute approximate surface area is 127 Å². The third kappa shape index (κ3) is 6.93. The van der Waals surface area contributed by atoms with Gasteiger partial charge in [0.15, 0.2) is 0 Å². The highest BCUT2D eigenvalue weighted by Gasteiger charge is 2.23. The van der Waals surface area contributed by atoms with E-state index in [2.05, 4.69) is 0 Å². The quantitative estimate of drug-likeness (QED) is 0.757. The SMILES string of the molecule is CCOC(=O)CN(Cc1ccccc1)C(=O)CC(C)(C)C. The fourth-order valence-corrected chi connectivity index (χ4v) is 1.96. The predicted molar refractivity (Wildman–Crippen MR) is 82.6 cm³/mol. The summed E-state index contributed by atoms with van der Waals surface area (Å²) in [5.74, 6) is -0.393. The standard InChI is InChI=1S/C17H25NO3/c1-5-21-16(20)13-18(15(19)11-17(2,3)4)12-14-9-7-6-8-10-14/h6-10H,5,11-13H2,1-4H3. The van der Waals surface area contributed by atoms with E-state index in [0.29, 0.717) is 19.6 Å². The molecule has 0 fully saturated rings. The molecule has 0 aliphatic heterocycles. The molecule has 1 aromatic carbocycles. The lowest BCUT2D eigenvalue weighted by Gasteiger charge is -2.26. The summed E-state index contributed by atoms with van der Waals surface area (Å²) in [5, 5.41) is 0. The number of carbonyl (C=O) groups is 2. The molecule has 4 heteroatoms. The van der Waals surface area contributed by atoms with Gasteiger partial charge in [0.2, 0.25) is 5.91 Å². The van der Waals surface area contributed by atoms with Gasteiger partial charge in [-0.05, 0) is 17.9 Å². The Morgan fingerprint density at radius 2 is 1.76 bits per heavy atom. The summed E-state index contributed by atoms with van der Waals surface area (Å²) in [5.41, 5.74) is 0.893. The lowest BCUT2D eigenvalue weighted by Crippen LogP contribution is -2.37. The highest BCUT2D eigenvalue weighted by Crippen LogP contribution is 2.20. The topological polar surface area (TPSA) is 46.6 Å². The molecule has 0 aliphatic carbocycles. The molecule has 116 valence electrons. The van der Waals surface area contributed by atoms with Gasteiger partial charge in [-0.1, -0.05) is 51.1 Å². The largest absolute Gasteiger partial charge is 0.465 e. The van der Waals surface area contributed by atoms with Crippen LogP contribution in [-0.4, -0.2) is 29.9 Å². The number of benzene rings is 1. The number of carbonyl (C=O) groups excluding carboxylic acids is 2. The maximum absolute atomic E-state index is 12.4. The minimum Gasteiger partial charge on any atom is -0.465 e. The van der Waals surface area contributed by atoms with Gasteiger partial charge in [-0.15, -0.1) is 0 Å². The van der Waals surface area contributed by atoms with Crippen LogP contribution in [0.15, 0.2) is 30.3 Å². The minimum atomic E-state index is -0.365. The first-order valence-electron chi connectivity index (χ1n) is 7.29. The molecule has 0 heterocycles. The first-order chi connectivity index (χ1) is 9.81. The van der Waals surface area contributed by atoms with Crippen molar-refractivity contribution in [3.63, 3.8) is 0 Å². The van der Waals surface area contributed by atoms with Crippen LogP contribution in [0.2, 0.25) is 0 Å². The van der Waals surface area contributed by atoms with Gasteiger partial charge in [-0.25, -0.2) is 0 Å². The normalized spacial score (nSPS) is 11.0. The first kappa shape index (κ1) is 17.2. The number of amides is 1. The van der Waals surface area contributed by atoms with Crippen molar-refractivity contribution in [2.24, 2.45) is 5.41 Å². The first-order valence-corrected chi connectivity index (χ1v) is 7.29. The van der Waals surface area contributed by atoms with Crippen molar-refractivity contribution in [3.8, 4) is 0 Å². The maximum atomic E-state index is 12.4. The molecule has 0 radical (unpaired) electrons. The number of esters is 1. The molecule has 0 aliphatic rings. The molecule has 0 saturated carbocycles. The Bertz CT molecular complexity index is 463. The molecule has 0 aromatic heterocycles. The molecular weight excluding hydrogens is 266 g/mol. The lowest BCUT2D eigenvalue weighted by atomic mass is 9.91. The molecule has 0 unspecified atom stereocenters. The second kappa shape index (κ2) is 7.81. The Morgan fingerprint density at radius 1 is 1.14 bits per heavy atom. The van der Waals surface area contributed by atoms with Crippen LogP contribution in [0.1, 0.15) is 39.7 Å². The summed E-state index contributed by atoms with van der Waals surface area (Å²) in [6.07, 6.45) is 0.402. The molecule has 1 aromatic rings.